The lowest BCUT2D eigenvalue weighted by atomic mass is 10.0. The molecule has 1 aromatic carbocycles. The van der Waals surface area contributed by atoms with Crippen LogP contribution >= 0.6 is 22.9 Å². The molecule has 18 heavy (non-hydrogen) atoms. The van der Waals surface area contributed by atoms with Crippen LogP contribution in [0.3, 0.4) is 0 Å². The summed E-state index contributed by atoms with van der Waals surface area (Å²) in [6.07, 6.45) is 1.94. The zero-order valence-electron chi connectivity index (χ0n) is 10.1. The van der Waals surface area contributed by atoms with E-state index in [0.29, 0.717) is 0 Å². The van der Waals surface area contributed by atoms with Gasteiger partial charge in [0, 0.05) is 10.9 Å². The largest absolute Gasteiger partial charge is 0.313 e. The molecular weight excluding hydrogens is 269 g/mol. The van der Waals surface area contributed by atoms with Gasteiger partial charge in [-0.2, -0.15) is 0 Å². The molecule has 0 saturated heterocycles. The minimum absolute atomic E-state index is 0.152. The van der Waals surface area contributed by atoms with Gasteiger partial charge in [-0.25, -0.2) is 4.39 Å². The number of hydrogen-bond donors (Lipinski definition) is 1. The molecule has 2 rings (SSSR count). The van der Waals surface area contributed by atoms with Crippen molar-refractivity contribution in [1.82, 2.24) is 5.32 Å². The van der Waals surface area contributed by atoms with Gasteiger partial charge in [-0.3, -0.25) is 0 Å². The predicted octanol–water partition coefficient (Wildman–Crippen LogP) is 4.43. The number of hydrogen-bond acceptors (Lipinski definition) is 2. The van der Waals surface area contributed by atoms with Gasteiger partial charge in [0.1, 0.15) is 5.82 Å². The zero-order chi connectivity index (χ0) is 13.0. The Morgan fingerprint density at radius 2 is 2.22 bits per heavy atom. The minimum atomic E-state index is -0.356. The third-order valence-corrected chi connectivity index (χ3v) is 4.20. The molecule has 96 valence electrons. The standard InChI is InChI=1S/C14H15ClFNS/c1-17-14(7-5-11-3-2-8-18-11)10-4-6-12(15)13(16)9-10/h2-4,6,8-9,14,17H,5,7H2,1H3. The van der Waals surface area contributed by atoms with Gasteiger partial charge in [-0.05, 0) is 49.0 Å². The quantitative estimate of drug-likeness (QED) is 0.856. The van der Waals surface area contributed by atoms with Gasteiger partial charge in [-0.15, -0.1) is 11.3 Å². The highest BCUT2D eigenvalue weighted by Gasteiger charge is 2.11. The lowest BCUT2D eigenvalue weighted by molar-refractivity contribution is 0.544. The molecule has 0 amide bonds. The van der Waals surface area contributed by atoms with Gasteiger partial charge in [0.2, 0.25) is 0 Å². The van der Waals surface area contributed by atoms with Crippen molar-refractivity contribution in [1.29, 1.82) is 0 Å². The summed E-state index contributed by atoms with van der Waals surface area (Å²) < 4.78 is 13.4. The first kappa shape index (κ1) is 13.5. The molecule has 0 spiro atoms. The van der Waals surface area contributed by atoms with Crippen molar-refractivity contribution < 1.29 is 4.39 Å². The molecule has 0 aliphatic rings. The molecule has 0 aliphatic carbocycles. The Kier molecular flexibility index (Phi) is 4.75. The maximum Gasteiger partial charge on any atom is 0.142 e. The summed E-state index contributed by atoms with van der Waals surface area (Å²) in [5, 5.41) is 5.47. The van der Waals surface area contributed by atoms with Crippen LogP contribution in [0.1, 0.15) is 22.9 Å². The summed E-state index contributed by atoms with van der Waals surface area (Å²) >= 11 is 7.45. The Morgan fingerprint density at radius 1 is 1.39 bits per heavy atom. The number of rotatable bonds is 5. The highest BCUT2D eigenvalue weighted by Crippen LogP contribution is 2.24. The van der Waals surface area contributed by atoms with Gasteiger partial charge in [0.05, 0.1) is 5.02 Å². The van der Waals surface area contributed by atoms with Gasteiger partial charge < -0.3 is 5.32 Å². The second kappa shape index (κ2) is 6.32. The number of nitrogens with one attached hydrogen (secondary N) is 1. The second-order valence-corrected chi connectivity index (χ2v) is 5.57. The van der Waals surface area contributed by atoms with Crippen molar-refractivity contribution in [3.05, 3.63) is 57.0 Å². The monoisotopic (exact) mass is 283 g/mol. The number of thiophene rings is 1. The third kappa shape index (κ3) is 3.31. The fourth-order valence-electron chi connectivity index (χ4n) is 1.95. The molecule has 1 N–H and O–H groups in total. The van der Waals surface area contributed by atoms with Crippen molar-refractivity contribution in [3.63, 3.8) is 0 Å². The van der Waals surface area contributed by atoms with Gasteiger partial charge in [0.15, 0.2) is 0 Å². The molecule has 0 saturated carbocycles. The van der Waals surface area contributed by atoms with Crippen molar-refractivity contribution in [2.75, 3.05) is 7.05 Å². The Hall–Kier alpha value is -0.900. The molecule has 0 fully saturated rings. The average Bonchev–Trinajstić information content (AvgIpc) is 2.87. The highest BCUT2D eigenvalue weighted by molar-refractivity contribution is 7.09. The lowest BCUT2D eigenvalue weighted by Crippen LogP contribution is -2.17. The Balaban J connectivity index is 2.05. The molecular formula is C14H15ClFNS. The van der Waals surface area contributed by atoms with Crippen LogP contribution in [0.5, 0.6) is 0 Å². The van der Waals surface area contributed by atoms with Crippen LogP contribution < -0.4 is 5.32 Å². The topological polar surface area (TPSA) is 12.0 Å². The summed E-state index contributed by atoms with van der Waals surface area (Å²) in [6, 6.07) is 9.33. The zero-order valence-corrected chi connectivity index (χ0v) is 11.7. The van der Waals surface area contributed by atoms with E-state index >= 15 is 0 Å². The number of benzene rings is 1. The molecule has 1 aromatic heterocycles. The first-order valence-electron chi connectivity index (χ1n) is 5.85. The SMILES string of the molecule is CNC(CCc1cccs1)c1ccc(Cl)c(F)c1. The van der Waals surface area contributed by atoms with Crippen molar-refractivity contribution in [2.24, 2.45) is 0 Å². The van der Waals surface area contributed by atoms with Crippen LogP contribution in [-0.4, -0.2) is 7.05 Å². The molecule has 1 atom stereocenters. The van der Waals surface area contributed by atoms with E-state index in [9.17, 15) is 4.39 Å². The number of halogens is 2. The van der Waals surface area contributed by atoms with E-state index in [-0.39, 0.29) is 16.9 Å². The first-order valence-corrected chi connectivity index (χ1v) is 7.11. The van der Waals surface area contributed by atoms with Crippen molar-refractivity contribution >= 4 is 22.9 Å². The minimum Gasteiger partial charge on any atom is -0.313 e. The summed E-state index contributed by atoms with van der Waals surface area (Å²) in [4.78, 5) is 1.35. The maximum absolute atomic E-state index is 13.4. The smallest absolute Gasteiger partial charge is 0.142 e. The normalized spacial score (nSPS) is 12.6. The van der Waals surface area contributed by atoms with E-state index in [1.165, 1.54) is 10.9 Å². The lowest BCUT2D eigenvalue weighted by Gasteiger charge is -2.16. The number of aryl methyl sites for hydroxylation is 1. The van der Waals surface area contributed by atoms with Crippen LogP contribution in [0.25, 0.3) is 0 Å². The first-order chi connectivity index (χ1) is 8.70. The second-order valence-electron chi connectivity index (χ2n) is 4.13. The van der Waals surface area contributed by atoms with Crippen molar-refractivity contribution in [2.45, 2.75) is 18.9 Å². The molecule has 1 unspecified atom stereocenters. The van der Waals surface area contributed by atoms with Crippen LogP contribution in [0, 0.1) is 5.82 Å². The van der Waals surface area contributed by atoms with E-state index in [1.807, 2.05) is 13.1 Å². The fraction of sp³-hybridized carbons (Fsp3) is 0.286. The van der Waals surface area contributed by atoms with Crippen molar-refractivity contribution in [3.8, 4) is 0 Å². The summed E-state index contributed by atoms with van der Waals surface area (Å²) in [6.45, 7) is 0. The van der Waals surface area contributed by atoms with Crippen LogP contribution in [0.15, 0.2) is 35.7 Å². The maximum atomic E-state index is 13.4. The predicted molar refractivity (Wildman–Crippen MR) is 75.9 cm³/mol. The molecule has 0 bridgehead atoms. The van der Waals surface area contributed by atoms with E-state index in [4.69, 9.17) is 11.6 Å². The van der Waals surface area contributed by atoms with E-state index in [1.54, 1.807) is 17.4 Å². The summed E-state index contributed by atoms with van der Waals surface area (Å²) in [5.41, 5.74) is 0.941. The van der Waals surface area contributed by atoms with Crippen LogP contribution in [-0.2, 0) is 6.42 Å². The summed E-state index contributed by atoms with van der Waals surface area (Å²) in [7, 11) is 1.89. The molecule has 2 aromatic rings. The molecule has 4 heteroatoms. The molecule has 1 heterocycles. The van der Waals surface area contributed by atoms with Gasteiger partial charge in [0.25, 0.3) is 0 Å². The Morgan fingerprint density at radius 3 is 2.83 bits per heavy atom. The highest BCUT2D eigenvalue weighted by atomic mass is 35.5. The Labute approximate surface area is 116 Å². The Bertz CT molecular complexity index is 499. The van der Waals surface area contributed by atoms with Crippen LogP contribution in [0.2, 0.25) is 5.02 Å². The third-order valence-electron chi connectivity index (χ3n) is 2.95. The van der Waals surface area contributed by atoms with E-state index in [2.05, 4.69) is 22.8 Å². The van der Waals surface area contributed by atoms with E-state index in [0.717, 1.165) is 18.4 Å². The van der Waals surface area contributed by atoms with Crippen LogP contribution in [0.4, 0.5) is 4.39 Å². The molecule has 0 radical (unpaired) electrons. The van der Waals surface area contributed by atoms with Gasteiger partial charge in [-0.1, -0.05) is 23.7 Å². The summed E-state index contributed by atoms with van der Waals surface area (Å²) in [5.74, 6) is -0.356. The van der Waals surface area contributed by atoms with E-state index < -0.39 is 0 Å². The molecule has 0 aliphatic heterocycles. The molecule has 1 nitrogen and oxygen atoms in total. The average molecular weight is 284 g/mol. The fourth-order valence-corrected chi connectivity index (χ4v) is 2.79. The van der Waals surface area contributed by atoms with Gasteiger partial charge >= 0.3 is 0 Å².